The zero-order valence-corrected chi connectivity index (χ0v) is 17.9. The van der Waals surface area contributed by atoms with Crippen molar-refractivity contribution in [1.29, 1.82) is 0 Å². The van der Waals surface area contributed by atoms with Crippen molar-refractivity contribution in [2.45, 2.75) is 57.2 Å². The quantitative estimate of drug-likeness (QED) is 0.559. The van der Waals surface area contributed by atoms with Crippen LogP contribution in [0.3, 0.4) is 0 Å². The number of aromatic nitrogens is 2. The molecule has 0 saturated heterocycles. The molecule has 1 aromatic heterocycles. The zero-order valence-electron chi connectivity index (χ0n) is 17.0. The molecule has 0 radical (unpaired) electrons. The van der Waals surface area contributed by atoms with Crippen molar-refractivity contribution in [3.05, 3.63) is 42.4 Å². The van der Waals surface area contributed by atoms with Crippen molar-refractivity contribution in [3.63, 3.8) is 0 Å². The number of benzene rings is 1. The Labute approximate surface area is 179 Å². The van der Waals surface area contributed by atoms with Gasteiger partial charge >= 0.3 is 0 Å². The van der Waals surface area contributed by atoms with Gasteiger partial charge in [0.05, 0.1) is 12.1 Å². The Balaban J connectivity index is 1.60. The van der Waals surface area contributed by atoms with Crippen molar-refractivity contribution >= 4 is 36.9 Å². The van der Waals surface area contributed by atoms with Crippen LogP contribution in [0.5, 0.6) is 0 Å². The molecular weight excluding hydrogens is 379 g/mol. The lowest BCUT2D eigenvalue weighted by molar-refractivity contribution is -0.136. The predicted octanol–water partition coefficient (Wildman–Crippen LogP) is 1.38. The smallest absolute Gasteiger partial charge is 0.241 e. The Bertz CT molecular complexity index is 821. The number of carbonyl (C=O) groups is 1. The molecule has 1 aliphatic carbocycles. The van der Waals surface area contributed by atoms with E-state index in [0.717, 1.165) is 31.7 Å². The second kappa shape index (κ2) is 9.39. The van der Waals surface area contributed by atoms with E-state index in [1.165, 1.54) is 37.6 Å². The fourth-order valence-corrected chi connectivity index (χ4v) is 5.01. The lowest BCUT2D eigenvalue weighted by atomic mass is 9.67. The van der Waals surface area contributed by atoms with Gasteiger partial charge in [0.1, 0.15) is 5.82 Å². The van der Waals surface area contributed by atoms with E-state index in [-0.39, 0.29) is 11.9 Å². The zero-order chi connectivity index (χ0) is 20.2. The highest BCUT2D eigenvalue weighted by Gasteiger charge is 2.36. The largest absolute Gasteiger partial charge is 0.332 e. The van der Waals surface area contributed by atoms with Crippen LogP contribution < -0.4 is 16.8 Å². The van der Waals surface area contributed by atoms with Crippen LogP contribution in [0.15, 0.2) is 36.5 Å². The van der Waals surface area contributed by atoms with Crippen molar-refractivity contribution in [2.24, 2.45) is 11.7 Å². The van der Waals surface area contributed by atoms with Crippen molar-refractivity contribution in [2.75, 3.05) is 12.3 Å². The molecule has 2 aliphatic rings. The maximum absolute atomic E-state index is 13.0. The minimum Gasteiger partial charge on any atom is -0.332 e. The van der Waals surface area contributed by atoms with Gasteiger partial charge < -0.3 is 15.2 Å². The number of imidazole rings is 1. The monoisotopic (exact) mass is 410 g/mol. The summed E-state index contributed by atoms with van der Waals surface area (Å²) in [5.74, 6) is 2.09. The predicted molar refractivity (Wildman–Crippen MR) is 123 cm³/mol. The highest BCUT2D eigenvalue weighted by molar-refractivity contribution is 7.80. The Kier molecular flexibility index (Phi) is 6.65. The third kappa shape index (κ3) is 4.72. The van der Waals surface area contributed by atoms with Crippen molar-refractivity contribution < 1.29 is 4.79 Å². The number of amides is 1. The number of hydrogen-bond acceptors (Lipinski definition) is 4. The molecule has 2 N–H and O–H groups in total. The first-order valence-electron chi connectivity index (χ1n) is 10.9. The molecular formula is C22H31BN4OS. The SMILES string of the molecule is N[C@H](CS)C(=O)N1CCn2cc(Bc3ccccc3)nc2[C@@H]1CC1CCCCC1. The van der Waals surface area contributed by atoms with E-state index in [4.69, 9.17) is 10.7 Å². The van der Waals surface area contributed by atoms with Crippen LogP contribution in [0, 0.1) is 5.92 Å². The van der Waals surface area contributed by atoms with Gasteiger partial charge in [-0.15, -0.1) is 0 Å². The summed E-state index contributed by atoms with van der Waals surface area (Å²) in [5.41, 5.74) is 8.41. The minimum absolute atomic E-state index is 0.0136. The molecule has 29 heavy (non-hydrogen) atoms. The van der Waals surface area contributed by atoms with Gasteiger partial charge in [-0.3, -0.25) is 4.79 Å². The Hall–Kier alpha value is -1.73. The van der Waals surface area contributed by atoms with E-state index in [1.807, 2.05) is 11.0 Å². The van der Waals surface area contributed by atoms with E-state index in [9.17, 15) is 4.79 Å². The maximum atomic E-state index is 13.0. The summed E-state index contributed by atoms with van der Waals surface area (Å²) in [6, 6.07) is 9.93. The molecule has 2 atom stereocenters. The number of carbonyl (C=O) groups excluding carboxylic acids is 1. The van der Waals surface area contributed by atoms with Gasteiger partial charge in [-0.05, 0) is 12.3 Å². The molecule has 2 aromatic rings. The fraction of sp³-hybridized carbons (Fsp3) is 0.545. The molecule has 1 aliphatic heterocycles. The molecule has 4 rings (SSSR count). The highest BCUT2D eigenvalue weighted by Crippen LogP contribution is 2.36. The molecule has 5 nitrogen and oxygen atoms in total. The number of nitrogens with two attached hydrogens (primary N) is 1. The van der Waals surface area contributed by atoms with Gasteiger partial charge in [-0.2, -0.15) is 12.6 Å². The van der Waals surface area contributed by atoms with Crippen LogP contribution in [-0.4, -0.2) is 46.0 Å². The van der Waals surface area contributed by atoms with Crippen LogP contribution in [0.25, 0.3) is 0 Å². The lowest BCUT2D eigenvalue weighted by Crippen LogP contribution is -2.50. The first kappa shape index (κ1) is 20.5. The number of rotatable bonds is 6. The van der Waals surface area contributed by atoms with Gasteiger partial charge in [0, 0.05) is 30.6 Å². The Morgan fingerprint density at radius 1 is 1.21 bits per heavy atom. The van der Waals surface area contributed by atoms with Crippen LogP contribution >= 0.6 is 12.6 Å². The summed E-state index contributed by atoms with van der Waals surface area (Å²) in [6.45, 7) is 1.48. The number of fused-ring (bicyclic) bond motifs is 1. The molecule has 1 aromatic carbocycles. The highest BCUT2D eigenvalue weighted by atomic mass is 32.1. The standard InChI is InChI=1S/C22H31BN4OS/c24-18(15-29)22(28)27-12-11-26-14-20(23-17-9-5-2-6-10-17)25-21(26)19(27)13-16-7-3-1-4-8-16/h2,5-6,9-10,14,16,18-19,23,29H,1,3-4,7-8,11-13,15,24H2/t18-,19+/m1/s1. The van der Waals surface area contributed by atoms with E-state index >= 15 is 0 Å². The summed E-state index contributed by atoms with van der Waals surface area (Å²) < 4.78 is 2.27. The van der Waals surface area contributed by atoms with Gasteiger partial charge in [-0.25, -0.2) is 4.98 Å². The van der Waals surface area contributed by atoms with Crippen LogP contribution in [-0.2, 0) is 11.3 Å². The fourth-order valence-electron chi connectivity index (χ4n) is 4.86. The average Bonchev–Trinajstić information content (AvgIpc) is 3.17. The van der Waals surface area contributed by atoms with Crippen LogP contribution in [0.1, 0.15) is 50.4 Å². The topological polar surface area (TPSA) is 64.2 Å². The molecule has 1 amide bonds. The molecule has 0 bridgehead atoms. The van der Waals surface area contributed by atoms with Gasteiger partial charge in [0.25, 0.3) is 0 Å². The lowest BCUT2D eigenvalue weighted by Gasteiger charge is -2.39. The van der Waals surface area contributed by atoms with E-state index in [0.29, 0.717) is 18.2 Å². The van der Waals surface area contributed by atoms with Gasteiger partial charge in [0.15, 0.2) is 0 Å². The summed E-state index contributed by atoms with van der Waals surface area (Å²) >= 11 is 4.26. The number of thiol groups is 1. The molecule has 0 spiro atoms. The molecule has 7 heteroatoms. The molecule has 1 saturated carbocycles. The van der Waals surface area contributed by atoms with Crippen molar-refractivity contribution in [3.8, 4) is 0 Å². The summed E-state index contributed by atoms with van der Waals surface area (Å²) in [6.07, 6.45) is 9.63. The summed E-state index contributed by atoms with van der Waals surface area (Å²) in [7, 11) is 0.821. The first-order valence-corrected chi connectivity index (χ1v) is 11.6. The maximum Gasteiger partial charge on any atom is 0.241 e. The second-order valence-electron chi connectivity index (χ2n) is 8.52. The third-order valence-corrected chi connectivity index (χ3v) is 6.81. The van der Waals surface area contributed by atoms with Crippen LogP contribution in [0.4, 0.5) is 0 Å². The molecule has 2 heterocycles. The summed E-state index contributed by atoms with van der Waals surface area (Å²) in [4.78, 5) is 20.0. The molecule has 154 valence electrons. The number of hydrogen-bond donors (Lipinski definition) is 2. The van der Waals surface area contributed by atoms with E-state index < -0.39 is 6.04 Å². The molecule has 1 fully saturated rings. The van der Waals surface area contributed by atoms with E-state index in [1.54, 1.807) is 0 Å². The molecule has 0 unspecified atom stereocenters. The third-order valence-electron chi connectivity index (χ3n) is 6.42. The second-order valence-corrected chi connectivity index (χ2v) is 8.89. The normalized spacial score (nSPS) is 20.9. The van der Waals surface area contributed by atoms with E-state index in [2.05, 4.69) is 47.7 Å². The van der Waals surface area contributed by atoms with Gasteiger partial charge in [0.2, 0.25) is 13.2 Å². The Morgan fingerprint density at radius 2 is 1.97 bits per heavy atom. The van der Waals surface area contributed by atoms with Gasteiger partial charge in [-0.1, -0.05) is 67.9 Å². The average molecular weight is 410 g/mol. The summed E-state index contributed by atoms with van der Waals surface area (Å²) in [5, 5.41) is 0. The number of nitrogens with zero attached hydrogens (tertiary/aromatic N) is 3. The van der Waals surface area contributed by atoms with Crippen LogP contribution in [0.2, 0.25) is 0 Å². The van der Waals surface area contributed by atoms with Crippen molar-refractivity contribution in [1.82, 2.24) is 14.5 Å². The Morgan fingerprint density at radius 3 is 2.69 bits per heavy atom. The first-order chi connectivity index (χ1) is 14.2. The minimum atomic E-state index is -0.544.